The number of nitriles is 1. The minimum Gasteiger partial charge on any atom is -0.328 e. The van der Waals surface area contributed by atoms with E-state index < -0.39 is 15.6 Å². The Bertz CT molecular complexity index is 832. The summed E-state index contributed by atoms with van der Waals surface area (Å²) in [6.07, 6.45) is 1.09. The van der Waals surface area contributed by atoms with Crippen molar-refractivity contribution in [3.8, 4) is 6.07 Å². The van der Waals surface area contributed by atoms with Crippen molar-refractivity contribution in [2.75, 3.05) is 4.72 Å². The number of halogens is 1. The average molecular weight is 354 g/mol. The van der Waals surface area contributed by atoms with Gasteiger partial charge in [0.1, 0.15) is 11.0 Å². The van der Waals surface area contributed by atoms with Crippen molar-refractivity contribution in [2.45, 2.75) is 4.90 Å². The van der Waals surface area contributed by atoms with Crippen LogP contribution in [0.15, 0.2) is 50.7 Å². The van der Waals surface area contributed by atoms with Crippen LogP contribution in [0, 0.1) is 11.3 Å². The average Bonchev–Trinajstić information content (AvgIpc) is 2.41. The number of H-pyrrole nitrogens is 1. The first-order chi connectivity index (χ1) is 9.42. The van der Waals surface area contributed by atoms with Crippen molar-refractivity contribution in [1.82, 2.24) is 4.98 Å². The first-order valence-corrected chi connectivity index (χ1v) is 7.61. The Hall–Kier alpha value is -2.11. The first-order valence-electron chi connectivity index (χ1n) is 5.33. The van der Waals surface area contributed by atoms with Gasteiger partial charge in [0.25, 0.3) is 10.0 Å². The second kappa shape index (κ2) is 5.48. The summed E-state index contributed by atoms with van der Waals surface area (Å²) < 4.78 is 27.2. The highest BCUT2D eigenvalue weighted by Crippen LogP contribution is 2.22. The largest absolute Gasteiger partial charge is 0.328 e. The quantitative estimate of drug-likeness (QED) is 0.877. The summed E-state index contributed by atoms with van der Waals surface area (Å²) in [4.78, 5) is 13.1. The standard InChI is InChI=1S/C12H8BrN3O3S/c13-9-1-3-11(8(5-9)6-14)16-20(18,19)10-2-4-12(17)15-7-10/h1-5,7,16H,(H,15,17). The van der Waals surface area contributed by atoms with E-state index in [9.17, 15) is 13.2 Å². The molecule has 0 spiro atoms. The SMILES string of the molecule is N#Cc1cc(Br)ccc1NS(=O)(=O)c1ccc(=O)[nH]c1. The molecule has 0 saturated carbocycles. The molecule has 2 rings (SSSR count). The van der Waals surface area contributed by atoms with Crippen LogP contribution in [0.25, 0.3) is 0 Å². The van der Waals surface area contributed by atoms with Gasteiger partial charge in [-0.25, -0.2) is 8.42 Å². The number of anilines is 1. The Labute approximate surface area is 123 Å². The van der Waals surface area contributed by atoms with Crippen LogP contribution in [-0.4, -0.2) is 13.4 Å². The molecule has 0 aliphatic heterocycles. The normalized spacial score (nSPS) is 10.8. The molecule has 20 heavy (non-hydrogen) atoms. The van der Waals surface area contributed by atoms with Gasteiger partial charge >= 0.3 is 0 Å². The second-order valence-electron chi connectivity index (χ2n) is 3.80. The lowest BCUT2D eigenvalue weighted by atomic mass is 10.2. The number of hydrogen-bond acceptors (Lipinski definition) is 4. The van der Waals surface area contributed by atoms with Gasteiger partial charge in [0.2, 0.25) is 5.56 Å². The molecule has 0 fully saturated rings. The topological polar surface area (TPSA) is 103 Å². The van der Waals surface area contributed by atoms with Crippen molar-refractivity contribution in [1.29, 1.82) is 5.26 Å². The molecule has 8 heteroatoms. The molecule has 0 aliphatic rings. The molecule has 0 amide bonds. The number of aromatic nitrogens is 1. The number of rotatable bonds is 3. The molecule has 1 aromatic heterocycles. The van der Waals surface area contributed by atoms with Gasteiger partial charge in [-0.05, 0) is 24.3 Å². The molecular formula is C12H8BrN3O3S. The van der Waals surface area contributed by atoms with E-state index in [4.69, 9.17) is 5.26 Å². The molecule has 0 atom stereocenters. The highest BCUT2D eigenvalue weighted by Gasteiger charge is 2.16. The van der Waals surface area contributed by atoms with E-state index in [1.807, 2.05) is 6.07 Å². The molecule has 1 heterocycles. The molecule has 0 radical (unpaired) electrons. The van der Waals surface area contributed by atoms with Gasteiger partial charge in [0.05, 0.1) is 11.3 Å². The van der Waals surface area contributed by atoms with Crippen molar-refractivity contribution in [3.63, 3.8) is 0 Å². The zero-order valence-corrected chi connectivity index (χ0v) is 12.3. The van der Waals surface area contributed by atoms with Crippen LogP contribution >= 0.6 is 15.9 Å². The fourth-order valence-corrected chi connectivity index (χ4v) is 2.87. The monoisotopic (exact) mass is 353 g/mol. The predicted octanol–water partition coefficient (Wildman–Crippen LogP) is 1.81. The fraction of sp³-hybridized carbons (Fsp3) is 0. The minimum absolute atomic E-state index is 0.0936. The zero-order valence-electron chi connectivity index (χ0n) is 9.92. The molecule has 102 valence electrons. The molecule has 0 bridgehead atoms. The van der Waals surface area contributed by atoms with Crippen LogP contribution in [0.5, 0.6) is 0 Å². The second-order valence-corrected chi connectivity index (χ2v) is 6.39. The van der Waals surface area contributed by atoms with Gasteiger partial charge in [0.15, 0.2) is 0 Å². The smallest absolute Gasteiger partial charge is 0.263 e. The van der Waals surface area contributed by atoms with Crippen LogP contribution in [0.4, 0.5) is 5.69 Å². The van der Waals surface area contributed by atoms with Crippen molar-refractivity contribution in [2.24, 2.45) is 0 Å². The number of nitrogens with one attached hydrogen (secondary N) is 2. The summed E-state index contributed by atoms with van der Waals surface area (Å²) >= 11 is 3.20. The van der Waals surface area contributed by atoms with E-state index >= 15 is 0 Å². The van der Waals surface area contributed by atoms with E-state index in [1.165, 1.54) is 18.2 Å². The van der Waals surface area contributed by atoms with Crippen LogP contribution < -0.4 is 10.3 Å². The van der Waals surface area contributed by atoms with Gasteiger partial charge in [0, 0.05) is 16.7 Å². The molecule has 0 aliphatic carbocycles. The molecule has 0 saturated heterocycles. The number of pyridine rings is 1. The van der Waals surface area contributed by atoms with E-state index in [-0.39, 0.29) is 16.1 Å². The first kappa shape index (κ1) is 14.3. The molecular weight excluding hydrogens is 346 g/mol. The van der Waals surface area contributed by atoms with E-state index in [0.29, 0.717) is 4.47 Å². The summed E-state index contributed by atoms with van der Waals surface area (Å²) in [5, 5.41) is 8.99. The van der Waals surface area contributed by atoms with E-state index in [0.717, 1.165) is 12.3 Å². The zero-order chi connectivity index (χ0) is 14.8. The molecule has 6 nitrogen and oxygen atoms in total. The number of benzene rings is 1. The summed E-state index contributed by atoms with van der Waals surface area (Å²) in [7, 11) is -3.86. The van der Waals surface area contributed by atoms with Gasteiger partial charge in [-0.3, -0.25) is 9.52 Å². The lowest BCUT2D eigenvalue weighted by molar-refractivity contribution is 0.600. The van der Waals surface area contributed by atoms with E-state index in [1.54, 1.807) is 6.07 Å². The fourth-order valence-electron chi connectivity index (χ4n) is 1.47. The van der Waals surface area contributed by atoms with Crippen LogP contribution in [0.1, 0.15) is 5.56 Å². The van der Waals surface area contributed by atoms with Crippen molar-refractivity contribution < 1.29 is 8.42 Å². The lowest BCUT2D eigenvalue weighted by Gasteiger charge is -2.09. The number of aromatic amines is 1. The van der Waals surface area contributed by atoms with Gasteiger partial charge in [-0.2, -0.15) is 5.26 Å². The Balaban J connectivity index is 2.41. The Morgan fingerprint density at radius 3 is 2.60 bits per heavy atom. The maximum atomic E-state index is 12.1. The lowest BCUT2D eigenvalue weighted by Crippen LogP contribution is -2.15. The third-order valence-electron chi connectivity index (χ3n) is 2.41. The maximum absolute atomic E-state index is 12.1. The minimum atomic E-state index is -3.86. The number of hydrogen-bond donors (Lipinski definition) is 2. The van der Waals surface area contributed by atoms with Crippen molar-refractivity contribution in [3.05, 3.63) is 56.9 Å². The van der Waals surface area contributed by atoms with Crippen LogP contribution in [0.2, 0.25) is 0 Å². The molecule has 2 aromatic rings. The Morgan fingerprint density at radius 1 is 1.25 bits per heavy atom. The molecule has 2 N–H and O–H groups in total. The highest BCUT2D eigenvalue weighted by atomic mass is 79.9. The number of sulfonamides is 1. The maximum Gasteiger partial charge on any atom is 0.263 e. The summed E-state index contributed by atoms with van der Waals surface area (Å²) in [5.74, 6) is 0. The molecule has 0 unspecified atom stereocenters. The third-order valence-corrected chi connectivity index (χ3v) is 4.27. The van der Waals surface area contributed by atoms with E-state index in [2.05, 4.69) is 25.6 Å². The Morgan fingerprint density at radius 2 is 2.00 bits per heavy atom. The highest BCUT2D eigenvalue weighted by molar-refractivity contribution is 9.10. The summed E-state index contributed by atoms with van der Waals surface area (Å²) in [5.41, 5.74) is -0.0421. The van der Waals surface area contributed by atoms with Gasteiger partial charge in [-0.15, -0.1) is 0 Å². The van der Waals surface area contributed by atoms with Crippen LogP contribution in [-0.2, 0) is 10.0 Å². The van der Waals surface area contributed by atoms with Crippen molar-refractivity contribution >= 4 is 31.6 Å². The third kappa shape index (κ3) is 3.07. The predicted molar refractivity (Wildman–Crippen MR) is 76.7 cm³/mol. The Kier molecular flexibility index (Phi) is 3.92. The van der Waals surface area contributed by atoms with Crippen LogP contribution in [0.3, 0.4) is 0 Å². The summed E-state index contributed by atoms with van der Waals surface area (Å²) in [6, 6.07) is 8.80. The molecule has 1 aromatic carbocycles. The van der Waals surface area contributed by atoms with Gasteiger partial charge in [-0.1, -0.05) is 15.9 Å². The summed E-state index contributed by atoms with van der Waals surface area (Å²) in [6.45, 7) is 0. The van der Waals surface area contributed by atoms with Gasteiger partial charge < -0.3 is 4.98 Å². The number of nitrogens with zero attached hydrogens (tertiary/aromatic N) is 1.